The monoisotopic (exact) mass is 243 g/mol. The van der Waals surface area contributed by atoms with Crippen molar-refractivity contribution >= 4 is 5.95 Å². The van der Waals surface area contributed by atoms with Crippen LogP contribution in [0.3, 0.4) is 0 Å². The number of nitrogens with zero attached hydrogens (tertiary/aromatic N) is 2. The van der Waals surface area contributed by atoms with Crippen molar-refractivity contribution < 1.29 is 4.74 Å². The third-order valence-electron chi connectivity index (χ3n) is 2.47. The molecule has 0 aliphatic carbocycles. The molecule has 4 nitrogen and oxygen atoms in total. The fourth-order valence-electron chi connectivity index (χ4n) is 1.74. The number of nitrogens with two attached hydrogens (primary N) is 1. The number of rotatable bonds is 3. The van der Waals surface area contributed by atoms with Crippen molar-refractivity contribution in [2.24, 2.45) is 0 Å². The maximum atomic E-state index is 5.67. The molecule has 2 rings (SSSR count). The van der Waals surface area contributed by atoms with Gasteiger partial charge in [-0.3, -0.25) is 0 Å². The number of ether oxygens (including phenoxy) is 1. The van der Waals surface area contributed by atoms with Gasteiger partial charge in [-0.1, -0.05) is 12.1 Å². The molecule has 1 heterocycles. The minimum atomic E-state index is 0.150. The topological polar surface area (TPSA) is 61.0 Å². The van der Waals surface area contributed by atoms with Gasteiger partial charge < -0.3 is 10.5 Å². The van der Waals surface area contributed by atoms with Gasteiger partial charge in [-0.15, -0.1) is 0 Å². The summed E-state index contributed by atoms with van der Waals surface area (Å²) in [5, 5.41) is 0. The van der Waals surface area contributed by atoms with E-state index in [4.69, 9.17) is 10.5 Å². The molecule has 2 N–H and O–H groups in total. The lowest BCUT2D eigenvalue weighted by molar-refractivity contribution is 0.242. The average molecular weight is 243 g/mol. The number of nitrogen functional groups attached to an aromatic ring is 1. The fraction of sp³-hybridized carbons (Fsp3) is 0.286. The highest BCUT2D eigenvalue weighted by Crippen LogP contribution is 2.25. The van der Waals surface area contributed by atoms with Gasteiger partial charge in [0.1, 0.15) is 5.75 Å². The van der Waals surface area contributed by atoms with Crippen molar-refractivity contribution in [3.63, 3.8) is 0 Å². The van der Waals surface area contributed by atoms with Crippen LogP contribution in [0, 0.1) is 6.92 Å². The molecule has 0 unspecified atom stereocenters. The largest absolute Gasteiger partial charge is 0.491 e. The maximum absolute atomic E-state index is 5.67. The molecule has 4 heteroatoms. The molecule has 0 amide bonds. The number of aryl methyl sites for hydroxylation is 1. The summed E-state index contributed by atoms with van der Waals surface area (Å²) < 4.78 is 5.67. The number of benzene rings is 1. The van der Waals surface area contributed by atoms with Crippen LogP contribution in [0.2, 0.25) is 0 Å². The van der Waals surface area contributed by atoms with E-state index in [-0.39, 0.29) is 12.1 Å². The average Bonchev–Trinajstić information content (AvgIpc) is 2.32. The van der Waals surface area contributed by atoms with E-state index in [1.54, 1.807) is 6.20 Å². The van der Waals surface area contributed by atoms with Crippen LogP contribution in [0.5, 0.6) is 5.75 Å². The van der Waals surface area contributed by atoms with E-state index in [2.05, 4.69) is 9.97 Å². The van der Waals surface area contributed by atoms with Gasteiger partial charge in [0.05, 0.1) is 11.8 Å². The van der Waals surface area contributed by atoms with Gasteiger partial charge in [-0.25, -0.2) is 9.97 Å². The summed E-state index contributed by atoms with van der Waals surface area (Å²) in [5.74, 6) is 1.12. The summed E-state index contributed by atoms with van der Waals surface area (Å²) in [6, 6.07) is 7.84. The molecule has 1 aromatic heterocycles. The van der Waals surface area contributed by atoms with Gasteiger partial charge in [-0.2, -0.15) is 0 Å². The highest BCUT2D eigenvalue weighted by atomic mass is 16.5. The maximum Gasteiger partial charge on any atom is 0.220 e. The van der Waals surface area contributed by atoms with Crippen LogP contribution >= 0.6 is 0 Å². The summed E-state index contributed by atoms with van der Waals surface area (Å²) in [6.07, 6.45) is 1.88. The molecule has 18 heavy (non-hydrogen) atoms. The zero-order chi connectivity index (χ0) is 13.1. The third-order valence-corrected chi connectivity index (χ3v) is 2.47. The number of aromatic nitrogens is 2. The third kappa shape index (κ3) is 2.77. The molecule has 0 atom stereocenters. The van der Waals surface area contributed by atoms with Gasteiger partial charge >= 0.3 is 0 Å². The molecule has 0 bridgehead atoms. The molecule has 0 spiro atoms. The van der Waals surface area contributed by atoms with Gasteiger partial charge in [0, 0.05) is 11.8 Å². The normalized spacial score (nSPS) is 10.7. The van der Waals surface area contributed by atoms with Crippen LogP contribution in [-0.4, -0.2) is 16.1 Å². The predicted octanol–water partition coefficient (Wildman–Crippen LogP) is 2.82. The van der Waals surface area contributed by atoms with E-state index >= 15 is 0 Å². The summed E-state index contributed by atoms with van der Waals surface area (Å²) in [5.41, 5.74) is 8.45. The summed E-state index contributed by atoms with van der Waals surface area (Å²) in [4.78, 5) is 8.25. The fourth-order valence-corrected chi connectivity index (χ4v) is 1.74. The zero-order valence-electron chi connectivity index (χ0n) is 10.8. The summed E-state index contributed by atoms with van der Waals surface area (Å²) >= 11 is 0. The van der Waals surface area contributed by atoms with Crippen LogP contribution in [0.1, 0.15) is 19.4 Å². The van der Waals surface area contributed by atoms with Crippen LogP contribution < -0.4 is 10.5 Å². The lowest BCUT2D eigenvalue weighted by Crippen LogP contribution is -2.05. The second-order valence-electron chi connectivity index (χ2n) is 4.45. The standard InChI is InChI=1S/C14H17N3O/c1-9(2)18-12-6-4-5-11(7-12)13-10(3)8-16-14(15)17-13/h4-9H,1-3H3,(H2,15,16,17). The Bertz CT molecular complexity index is 552. The Kier molecular flexibility index (Phi) is 3.46. The Morgan fingerprint density at radius 2 is 2.06 bits per heavy atom. The predicted molar refractivity (Wildman–Crippen MR) is 72.4 cm³/mol. The minimum absolute atomic E-state index is 0.150. The van der Waals surface area contributed by atoms with Crippen molar-refractivity contribution in [1.29, 1.82) is 0 Å². The molecular weight excluding hydrogens is 226 g/mol. The Labute approximate surface area is 107 Å². The highest BCUT2D eigenvalue weighted by molar-refractivity contribution is 5.65. The molecule has 0 aliphatic rings. The molecule has 0 saturated heterocycles. The Hall–Kier alpha value is -2.10. The molecule has 1 aromatic carbocycles. The van der Waals surface area contributed by atoms with E-state index in [0.717, 1.165) is 22.6 Å². The molecular formula is C14H17N3O. The molecule has 2 aromatic rings. The van der Waals surface area contributed by atoms with Crippen LogP contribution in [-0.2, 0) is 0 Å². The van der Waals surface area contributed by atoms with Crippen molar-refractivity contribution in [3.05, 3.63) is 36.0 Å². The van der Waals surface area contributed by atoms with E-state index in [1.807, 2.05) is 45.0 Å². The minimum Gasteiger partial charge on any atom is -0.491 e. The van der Waals surface area contributed by atoms with Crippen molar-refractivity contribution in [1.82, 2.24) is 9.97 Å². The van der Waals surface area contributed by atoms with Crippen LogP contribution in [0.4, 0.5) is 5.95 Å². The smallest absolute Gasteiger partial charge is 0.220 e. The van der Waals surface area contributed by atoms with E-state index < -0.39 is 0 Å². The van der Waals surface area contributed by atoms with Crippen molar-refractivity contribution in [3.8, 4) is 17.0 Å². The van der Waals surface area contributed by atoms with Crippen molar-refractivity contribution in [2.45, 2.75) is 26.9 Å². The first-order chi connectivity index (χ1) is 8.56. The number of hydrogen-bond acceptors (Lipinski definition) is 4. The molecule has 0 aliphatic heterocycles. The lowest BCUT2D eigenvalue weighted by atomic mass is 10.1. The van der Waals surface area contributed by atoms with Gasteiger partial charge in [-0.05, 0) is 38.5 Å². The molecule has 0 saturated carbocycles. The second-order valence-corrected chi connectivity index (χ2v) is 4.45. The number of hydrogen-bond donors (Lipinski definition) is 1. The molecule has 0 radical (unpaired) electrons. The van der Waals surface area contributed by atoms with E-state index in [0.29, 0.717) is 0 Å². The SMILES string of the molecule is Cc1cnc(N)nc1-c1cccc(OC(C)C)c1. The van der Waals surface area contributed by atoms with E-state index in [9.17, 15) is 0 Å². The first-order valence-corrected chi connectivity index (χ1v) is 5.92. The summed E-state index contributed by atoms with van der Waals surface area (Å²) in [7, 11) is 0. The quantitative estimate of drug-likeness (QED) is 0.900. The Morgan fingerprint density at radius 3 is 2.78 bits per heavy atom. The zero-order valence-corrected chi connectivity index (χ0v) is 10.8. The van der Waals surface area contributed by atoms with Crippen molar-refractivity contribution in [2.75, 3.05) is 5.73 Å². The molecule has 94 valence electrons. The van der Waals surface area contributed by atoms with Gasteiger partial charge in [0.25, 0.3) is 0 Å². The lowest BCUT2D eigenvalue weighted by Gasteiger charge is -2.11. The van der Waals surface area contributed by atoms with E-state index in [1.165, 1.54) is 0 Å². The van der Waals surface area contributed by atoms with Crippen LogP contribution in [0.25, 0.3) is 11.3 Å². The Balaban J connectivity index is 2.41. The Morgan fingerprint density at radius 1 is 1.28 bits per heavy atom. The number of anilines is 1. The first kappa shape index (κ1) is 12.4. The highest BCUT2D eigenvalue weighted by Gasteiger charge is 2.07. The summed E-state index contributed by atoms with van der Waals surface area (Å²) in [6.45, 7) is 5.96. The first-order valence-electron chi connectivity index (χ1n) is 5.92. The molecule has 0 fully saturated rings. The second kappa shape index (κ2) is 5.04. The van der Waals surface area contributed by atoms with Gasteiger partial charge in [0.2, 0.25) is 5.95 Å². The van der Waals surface area contributed by atoms with Crippen LogP contribution in [0.15, 0.2) is 30.5 Å². The van der Waals surface area contributed by atoms with Gasteiger partial charge in [0.15, 0.2) is 0 Å².